The monoisotopic (exact) mass is 309 g/mol. The van der Waals surface area contributed by atoms with Crippen LogP contribution < -0.4 is 10.5 Å². The smallest absolute Gasteiger partial charge is 0.295 e. The lowest BCUT2D eigenvalue weighted by Crippen LogP contribution is -2.10. The average molecular weight is 309 g/mol. The van der Waals surface area contributed by atoms with Crippen LogP contribution in [0.1, 0.15) is 29.8 Å². The maximum atomic E-state index is 11.1. The van der Waals surface area contributed by atoms with E-state index in [0.717, 1.165) is 9.90 Å². The van der Waals surface area contributed by atoms with E-state index in [1.807, 2.05) is 26.0 Å². The van der Waals surface area contributed by atoms with Crippen molar-refractivity contribution in [1.29, 1.82) is 0 Å². The summed E-state index contributed by atoms with van der Waals surface area (Å²) < 4.78 is 6.31. The Bertz CT molecular complexity index is 599. The molecule has 0 radical (unpaired) electrons. The zero-order valence-corrected chi connectivity index (χ0v) is 12.8. The van der Waals surface area contributed by atoms with E-state index in [1.165, 1.54) is 11.3 Å². The molecule has 0 spiro atoms. The van der Waals surface area contributed by atoms with Crippen LogP contribution in [0.2, 0.25) is 0 Å². The van der Waals surface area contributed by atoms with Gasteiger partial charge in [0.2, 0.25) is 5.91 Å². The van der Waals surface area contributed by atoms with E-state index in [9.17, 15) is 4.79 Å². The first-order valence-corrected chi connectivity index (χ1v) is 7.86. The van der Waals surface area contributed by atoms with Crippen molar-refractivity contribution in [3.05, 3.63) is 35.4 Å². The molecular weight excluding hydrogens is 294 g/mol. The summed E-state index contributed by atoms with van der Waals surface area (Å²) in [5, 5.41) is 8.60. The van der Waals surface area contributed by atoms with Gasteiger partial charge in [-0.2, -0.15) is 0 Å². The number of benzene rings is 1. The van der Waals surface area contributed by atoms with Crippen LogP contribution in [0, 0.1) is 0 Å². The summed E-state index contributed by atoms with van der Waals surface area (Å²) in [5.74, 6) is 0.289. The standard InChI is InChI=1S/C13H15N3O2S2/c1-8(2)18-12-15-16-13(20-12)19-7-9-4-3-5-10(6-9)11(14)17/h3-6,8H,7H2,1-2H3,(H2,14,17). The third-order valence-corrected chi connectivity index (χ3v) is 4.32. The highest BCUT2D eigenvalue weighted by Gasteiger charge is 2.08. The third-order valence-electron chi connectivity index (χ3n) is 2.30. The Labute approximate surface area is 125 Å². The van der Waals surface area contributed by atoms with Gasteiger partial charge in [-0.1, -0.05) is 29.0 Å². The van der Waals surface area contributed by atoms with Crippen molar-refractivity contribution in [3.8, 4) is 5.19 Å². The van der Waals surface area contributed by atoms with Gasteiger partial charge in [0.15, 0.2) is 4.34 Å². The fourth-order valence-electron chi connectivity index (χ4n) is 1.46. The summed E-state index contributed by atoms with van der Waals surface area (Å²) in [4.78, 5) is 11.1. The first kappa shape index (κ1) is 14.8. The quantitative estimate of drug-likeness (QED) is 0.830. The number of carbonyl (C=O) groups is 1. The van der Waals surface area contributed by atoms with Crippen molar-refractivity contribution < 1.29 is 9.53 Å². The minimum absolute atomic E-state index is 0.0908. The van der Waals surface area contributed by atoms with Gasteiger partial charge in [-0.3, -0.25) is 4.79 Å². The van der Waals surface area contributed by atoms with Crippen LogP contribution in [0.4, 0.5) is 0 Å². The van der Waals surface area contributed by atoms with Gasteiger partial charge in [0, 0.05) is 11.3 Å². The second-order valence-electron chi connectivity index (χ2n) is 4.35. The number of hydrogen-bond donors (Lipinski definition) is 1. The van der Waals surface area contributed by atoms with E-state index in [-0.39, 0.29) is 6.10 Å². The summed E-state index contributed by atoms with van der Waals surface area (Å²) in [6.07, 6.45) is 0.0908. The number of hydrogen-bond acceptors (Lipinski definition) is 6. The van der Waals surface area contributed by atoms with E-state index in [0.29, 0.717) is 16.5 Å². The number of rotatable bonds is 6. The van der Waals surface area contributed by atoms with Gasteiger partial charge in [-0.15, -0.1) is 5.10 Å². The molecule has 0 aliphatic rings. The van der Waals surface area contributed by atoms with Crippen LogP contribution in [0.5, 0.6) is 5.19 Å². The van der Waals surface area contributed by atoms with E-state index in [1.54, 1.807) is 23.9 Å². The molecule has 0 atom stereocenters. The molecule has 20 heavy (non-hydrogen) atoms. The van der Waals surface area contributed by atoms with Crippen LogP contribution in [0.15, 0.2) is 28.6 Å². The SMILES string of the molecule is CC(C)Oc1nnc(SCc2cccc(C(N)=O)c2)s1. The van der Waals surface area contributed by atoms with Gasteiger partial charge < -0.3 is 10.5 Å². The molecule has 1 aromatic carbocycles. The molecule has 1 heterocycles. The number of nitrogens with two attached hydrogens (primary N) is 1. The molecule has 7 heteroatoms. The first-order valence-electron chi connectivity index (χ1n) is 6.06. The molecule has 2 N–H and O–H groups in total. The number of ether oxygens (including phenoxy) is 1. The maximum absolute atomic E-state index is 11.1. The molecule has 2 rings (SSSR count). The number of aromatic nitrogens is 2. The third kappa shape index (κ3) is 4.21. The topological polar surface area (TPSA) is 78.1 Å². The van der Waals surface area contributed by atoms with Gasteiger partial charge in [0.05, 0.1) is 6.10 Å². The number of thioether (sulfide) groups is 1. The van der Waals surface area contributed by atoms with Gasteiger partial charge >= 0.3 is 0 Å². The second-order valence-corrected chi connectivity index (χ2v) is 6.52. The first-order chi connectivity index (χ1) is 9.54. The van der Waals surface area contributed by atoms with Crippen molar-refractivity contribution in [1.82, 2.24) is 10.2 Å². The highest BCUT2D eigenvalue weighted by atomic mass is 32.2. The summed E-state index contributed by atoms with van der Waals surface area (Å²) in [6, 6.07) is 7.27. The van der Waals surface area contributed by atoms with E-state index in [4.69, 9.17) is 10.5 Å². The minimum atomic E-state index is -0.416. The van der Waals surface area contributed by atoms with Crippen LogP contribution in [0.3, 0.4) is 0 Å². The molecule has 0 bridgehead atoms. The summed E-state index contributed by atoms with van der Waals surface area (Å²) >= 11 is 2.97. The molecule has 0 unspecified atom stereocenters. The van der Waals surface area contributed by atoms with Gasteiger partial charge in [0.25, 0.3) is 5.19 Å². The lowest BCUT2D eigenvalue weighted by molar-refractivity contribution is 0.1000. The Morgan fingerprint density at radius 3 is 2.95 bits per heavy atom. The number of nitrogens with zero attached hydrogens (tertiary/aromatic N) is 2. The van der Waals surface area contributed by atoms with E-state index in [2.05, 4.69) is 10.2 Å². The molecule has 0 aliphatic heterocycles. The van der Waals surface area contributed by atoms with Crippen molar-refractivity contribution >= 4 is 29.0 Å². The normalized spacial score (nSPS) is 10.8. The zero-order valence-electron chi connectivity index (χ0n) is 11.2. The molecule has 2 aromatic rings. The number of primary amides is 1. The molecule has 0 aliphatic carbocycles. The van der Waals surface area contributed by atoms with Crippen molar-refractivity contribution in [2.45, 2.75) is 30.0 Å². The highest BCUT2D eigenvalue weighted by molar-refractivity contribution is 8.00. The summed E-state index contributed by atoms with van der Waals surface area (Å²) in [5.41, 5.74) is 6.80. The fraction of sp³-hybridized carbons (Fsp3) is 0.308. The summed E-state index contributed by atoms with van der Waals surface area (Å²) in [7, 11) is 0. The van der Waals surface area contributed by atoms with Crippen LogP contribution in [-0.4, -0.2) is 22.2 Å². The Balaban J connectivity index is 1.96. The van der Waals surface area contributed by atoms with Crippen molar-refractivity contribution in [2.24, 2.45) is 5.73 Å². The highest BCUT2D eigenvalue weighted by Crippen LogP contribution is 2.30. The maximum Gasteiger partial charge on any atom is 0.295 e. The minimum Gasteiger partial charge on any atom is -0.466 e. The summed E-state index contributed by atoms with van der Waals surface area (Å²) in [6.45, 7) is 3.90. The number of carbonyl (C=O) groups excluding carboxylic acids is 1. The van der Waals surface area contributed by atoms with Gasteiger partial charge in [-0.05, 0) is 42.9 Å². The Morgan fingerprint density at radius 1 is 1.45 bits per heavy atom. The van der Waals surface area contributed by atoms with E-state index >= 15 is 0 Å². The Morgan fingerprint density at radius 2 is 2.25 bits per heavy atom. The Kier molecular flexibility index (Phi) is 4.97. The van der Waals surface area contributed by atoms with Crippen LogP contribution in [-0.2, 0) is 5.75 Å². The lowest BCUT2D eigenvalue weighted by atomic mass is 10.1. The Hall–Kier alpha value is -1.60. The molecule has 5 nitrogen and oxygen atoms in total. The number of amides is 1. The van der Waals surface area contributed by atoms with Crippen molar-refractivity contribution in [2.75, 3.05) is 0 Å². The molecule has 0 fully saturated rings. The molecule has 1 aromatic heterocycles. The van der Waals surface area contributed by atoms with E-state index < -0.39 is 5.91 Å². The zero-order chi connectivity index (χ0) is 14.5. The van der Waals surface area contributed by atoms with Gasteiger partial charge in [0.1, 0.15) is 0 Å². The average Bonchev–Trinajstić information content (AvgIpc) is 2.83. The second kappa shape index (κ2) is 6.71. The van der Waals surface area contributed by atoms with Crippen LogP contribution >= 0.6 is 23.1 Å². The molecule has 0 saturated heterocycles. The lowest BCUT2D eigenvalue weighted by Gasteiger charge is -2.03. The van der Waals surface area contributed by atoms with Gasteiger partial charge in [-0.25, -0.2) is 0 Å². The molecule has 0 saturated carbocycles. The van der Waals surface area contributed by atoms with Crippen molar-refractivity contribution in [3.63, 3.8) is 0 Å². The molecule has 106 valence electrons. The molecule has 1 amide bonds. The molecular formula is C13H15N3O2S2. The van der Waals surface area contributed by atoms with Crippen LogP contribution in [0.25, 0.3) is 0 Å². The fourth-order valence-corrected chi connectivity index (χ4v) is 3.21. The largest absolute Gasteiger partial charge is 0.466 e. The predicted molar refractivity (Wildman–Crippen MR) is 80.2 cm³/mol. The predicted octanol–water partition coefficient (Wildman–Crippen LogP) is 2.72.